The number of aromatic carboxylic acids is 2. The Hall–Kier alpha value is -2.17. The second kappa shape index (κ2) is 15.2. The third-order valence-corrected chi connectivity index (χ3v) is 1.96. The van der Waals surface area contributed by atoms with E-state index in [1.54, 1.807) is 6.92 Å². The lowest BCUT2D eigenvalue weighted by atomic mass is 10.0. The van der Waals surface area contributed by atoms with Gasteiger partial charge in [-0.05, 0) is 6.92 Å². The van der Waals surface area contributed by atoms with Gasteiger partial charge in [-0.3, -0.25) is 4.98 Å². The van der Waals surface area contributed by atoms with Gasteiger partial charge >= 0.3 is 11.9 Å². The molecule has 2 N–H and O–H groups in total. The van der Waals surface area contributed by atoms with E-state index in [-0.39, 0.29) is 16.7 Å². The summed E-state index contributed by atoms with van der Waals surface area (Å²) in [5.74, 6) is -2.62. The maximum atomic E-state index is 10.9. The van der Waals surface area contributed by atoms with Gasteiger partial charge in [0.2, 0.25) is 0 Å². The maximum Gasteiger partial charge on any atom is 0.338 e. The van der Waals surface area contributed by atoms with Gasteiger partial charge in [0.1, 0.15) is 0 Å². The lowest BCUT2D eigenvalue weighted by Crippen LogP contribution is -2.12. The number of carboxylic acid groups (broad SMARTS) is 2. The Morgan fingerprint density at radius 3 is 1.82 bits per heavy atom. The smallest absolute Gasteiger partial charge is 0.338 e. The van der Waals surface area contributed by atoms with Crippen molar-refractivity contribution in [3.05, 3.63) is 35.2 Å². The normalized spacial score (nSPS) is 7.95. The number of carboxylic acids is 2. The first-order valence-electron chi connectivity index (χ1n) is 7.49. The zero-order chi connectivity index (χ0) is 18.3. The van der Waals surface area contributed by atoms with Gasteiger partial charge in [0.05, 0.1) is 11.1 Å². The molecule has 1 heterocycles. The average molecular weight is 311 g/mol. The molecule has 5 heteroatoms. The van der Waals surface area contributed by atoms with Gasteiger partial charge in [-0.2, -0.15) is 0 Å². The molecule has 0 aliphatic carbocycles. The molecule has 0 saturated heterocycles. The van der Waals surface area contributed by atoms with Crippen molar-refractivity contribution < 1.29 is 19.8 Å². The summed E-state index contributed by atoms with van der Waals surface area (Å²) in [4.78, 5) is 25.5. The van der Waals surface area contributed by atoms with E-state index in [0.29, 0.717) is 5.69 Å². The lowest BCUT2D eigenvalue weighted by Gasteiger charge is -2.07. The molecule has 1 aromatic rings. The Morgan fingerprint density at radius 1 is 1.14 bits per heavy atom. The largest absolute Gasteiger partial charge is 0.478 e. The lowest BCUT2D eigenvalue weighted by molar-refractivity contribution is 0.0650. The number of carbonyl (C=O) groups is 2. The summed E-state index contributed by atoms with van der Waals surface area (Å²) in [5.41, 5.74) is 0.0720. The number of aryl methyl sites for hydroxylation is 1. The van der Waals surface area contributed by atoms with E-state index in [2.05, 4.69) is 25.4 Å². The Kier molecular flexibility index (Phi) is 17.2. The molecule has 0 saturated carbocycles. The van der Waals surface area contributed by atoms with E-state index in [1.807, 2.05) is 27.7 Å². The van der Waals surface area contributed by atoms with Gasteiger partial charge in [-0.15, -0.1) is 0 Å². The van der Waals surface area contributed by atoms with Crippen LogP contribution in [0.2, 0.25) is 0 Å². The van der Waals surface area contributed by atoms with Crippen molar-refractivity contribution in [1.82, 2.24) is 4.98 Å². The predicted octanol–water partition coefficient (Wildman–Crippen LogP) is 4.90. The topological polar surface area (TPSA) is 87.5 Å². The zero-order valence-electron chi connectivity index (χ0n) is 14.7. The van der Waals surface area contributed by atoms with Gasteiger partial charge in [0.25, 0.3) is 0 Å². The summed E-state index contributed by atoms with van der Waals surface area (Å²) in [6.07, 6.45) is 3.58. The molecule has 22 heavy (non-hydrogen) atoms. The van der Waals surface area contributed by atoms with Gasteiger partial charge < -0.3 is 10.2 Å². The van der Waals surface area contributed by atoms with Crippen molar-refractivity contribution in [3.63, 3.8) is 0 Å². The van der Waals surface area contributed by atoms with Gasteiger partial charge in [0, 0.05) is 17.5 Å². The van der Waals surface area contributed by atoms with Crippen molar-refractivity contribution in [2.75, 3.05) is 0 Å². The van der Waals surface area contributed by atoms with Gasteiger partial charge in [-0.1, -0.05) is 60.6 Å². The van der Waals surface area contributed by atoms with Crippen LogP contribution in [0.25, 0.3) is 6.08 Å². The molecule has 0 aliphatic heterocycles. The Balaban J connectivity index is -0.000000446. The first kappa shape index (κ1) is 24.8. The second-order valence-corrected chi connectivity index (χ2v) is 3.57. The van der Waals surface area contributed by atoms with Crippen molar-refractivity contribution in [1.29, 1.82) is 0 Å². The van der Waals surface area contributed by atoms with E-state index in [1.165, 1.54) is 12.5 Å². The number of hydrogen-bond acceptors (Lipinski definition) is 3. The summed E-state index contributed by atoms with van der Waals surface area (Å²) in [6.45, 7) is 17.3. The number of rotatable bonds is 3. The molecule has 1 rings (SSSR count). The van der Waals surface area contributed by atoms with Crippen molar-refractivity contribution >= 4 is 18.0 Å². The second-order valence-electron chi connectivity index (χ2n) is 3.57. The van der Waals surface area contributed by atoms with Crippen molar-refractivity contribution in [2.45, 2.75) is 54.9 Å². The zero-order valence-corrected chi connectivity index (χ0v) is 14.7. The quantitative estimate of drug-likeness (QED) is 0.829. The van der Waals surface area contributed by atoms with Crippen LogP contribution in [0.4, 0.5) is 0 Å². The van der Waals surface area contributed by atoms with Crippen molar-refractivity contribution in [2.24, 2.45) is 0 Å². The molecule has 0 fully saturated rings. The SMILES string of the molecule is C=Cc1c(C)ncc(C(=O)O)c1C(=O)O.CC.CC.CCC. The van der Waals surface area contributed by atoms with E-state index in [0.717, 1.165) is 6.20 Å². The number of pyridine rings is 1. The minimum absolute atomic E-state index is 0.238. The first-order valence-corrected chi connectivity index (χ1v) is 7.49. The summed E-state index contributed by atoms with van der Waals surface area (Å²) in [5, 5.41) is 17.7. The molecule has 0 atom stereocenters. The third kappa shape index (κ3) is 8.19. The molecule has 0 bridgehead atoms. The van der Waals surface area contributed by atoms with Gasteiger partial charge in [-0.25, -0.2) is 9.59 Å². The number of hydrogen-bond donors (Lipinski definition) is 2. The van der Waals surface area contributed by atoms with Crippen LogP contribution in [0.5, 0.6) is 0 Å². The monoisotopic (exact) mass is 311 g/mol. The average Bonchev–Trinajstić information content (AvgIpc) is 2.51. The highest BCUT2D eigenvalue weighted by Crippen LogP contribution is 2.18. The molecule has 0 aliphatic rings. The highest BCUT2D eigenvalue weighted by molar-refractivity contribution is 6.04. The van der Waals surface area contributed by atoms with Crippen LogP contribution in [0, 0.1) is 6.92 Å². The molecule has 0 unspecified atom stereocenters. The Morgan fingerprint density at radius 2 is 1.55 bits per heavy atom. The van der Waals surface area contributed by atoms with Crippen LogP contribution < -0.4 is 0 Å². The molecule has 5 nitrogen and oxygen atoms in total. The highest BCUT2D eigenvalue weighted by Gasteiger charge is 2.20. The summed E-state index contributed by atoms with van der Waals surface area (Å²) < 4.78 is 0. The fourth-order valence-corrected chi connectivity index (χ4v) is 1.26. The standard InChI is InChI=1S/C10H9NO4.C3H8.2C2H6/c1-3-6-5(2)11-4-7(9(12)13)8(6)10(14)15;1-3-2;2*1-2/h3-4H,1H2,2H3,(H,12,13)(H,14,15);3H2,1-2H3;2*1-2H3. The fourth-order valence-electron chi connectivity index (χ4n) is 1.26. The Bertz CT molecular complexity index is 468. The fraction of sp³-hybridized carbons (Fsp3) is 0.471. The van der Waals surface area contributed by atoms with Crippen LogP contribution in [-0.2, 0) is 0 Å². The van der Waals surface area contributed by atoms with Crippen LogP contribution in [0.1, 0.15) is 79.9 Å². The van der Waals surface area contributed by atoms with Crippen LogP contribution in [-0.4, -0.2) is 27.1 Å². The Labute approximate surface area is 133 Å². The maximum absolute atomic E-state index is 10.9. The van der Waals surface area contributed by atoms with Crippen molar-refractivity contribution in [3.8, 4) is 0 Å². The molecule has 0 aromatic carbocycles. The molecular formula is C17H29NO4. The van der Waals surface area contributed by atoms with E-state index < -0.39 is 11.9 Å². The summed E-state index contributed by atoms with van der Waals surface area (Å²) >= 11 is 0. The molecule has 1 aromatic heterocycles. The minimum Gasteiger partial charge on any atom is -0.478 e. The number of aromatic nitrogens is 1. The number of nitrogens with zero attached hydrogens (tertiary/aromatic N) is 1. The first-order chi connectivity index (χ1) is 10.4. The molecular weight excluding hydrogens is 282 g/mol. The molecule has 0 radical (unpaired) electrons. The molecule has 0 spiro atoms. The summed E-state index contributed by atoms with van der Waals surface area (Å²) in [7, 11) is 0. The highest BCUT2D eigenvalue weighted by atomic mass is 16.4. The third-order valence-electron chi connectivity index (χ3n) is 1.96. The van der Waals surface area contributed by atoms with Crippen LogP contribution >= 0.6 is 0 Å². The predicted molar refractivity (Wildman–Crippen MR) is 91.6 cm³/mol. The van der Waals surface area contributed by atoms with E-state index >= 15 is 0 Å². The van der Waals surface area contributed by atoms with E-state index in [9.17, 15) is 9.59 Å². The van der Waals surface area contributed by atoms with E-state index in [4.69, 9.17) is 10.2 Å². The van der Waals surface area contributed by atoms with Crippen LogP contribution in [0.3, 0.4) is 0 Å². The molecule has 0 amide bonds. The molecule has 126 valence electrons. The minimum atomic E-state index is -1.32. The van der Waals surface area contributed by atoms with Crippen LogP contribution in [0.15, 0.2) is 12.8 Å². The van der Waals surface area contributed by atoms with Gasteiger partial charge in [0.15, 0.2) is 0 Å². The summed E-state index contributed by atoms with van der Waals surface area (Å²) in [6, 6.07) is 0.